The molecule has 62 valence electrons. The second kappa shape index (κ2) is 4.06. The zero-order chi connectivity index (χ0) is 9.14. The fraction of sp³-hybridized carbons (Fsp3) is 0.125. The molecule has 0 aromatic heterocycles. The lowest BCUT2D eigenvalue weighted by Gasteiger charge is -2.02. The molecule has 0 fully saturated rings. The minimum Gasteiger partial charge on any atom is -0.205 e. The zero-order valence-electron chi connectivity index (χ0n) is 5.94. The molecule has 0 N–H and O–H groups in total. The van der Waals surface area contributed by atoms with Crippen LogP contribution in [0.1, 0.15) is 5.56 Å². The number of nitriles is 1. The molecule has 0 spiro atoms. The SMILES string of the molecule is N#CCc1c(I)ccc(Cl)c1F. The fourth-order valence-corrected chi connectivity index (χ4v) is 1.59. The summed E-state index contributed by atoms with van der Waals surface area (Å²) in [6.45, 7) is 0. The topological polar surface area (TPSA) is 23.8 Å². The first kappa shape index (κ1) is 9.75. The molecule has 0 aliphatic rings. The highest BCUT2D eigenvalue weighted by atomic mass is 127. The number of nitrogens with zero attached hydrogens (tertiary/aromatic N) is 1. The maximum absolute atomic E-state index is 13.2. The third-order valence-electron chi connectivity index (χ3n) is 1.39. The van der Waals surface area contributed by atoms with Gasteiger partial charge in [-0.05, 0) is 34.7 Å². The Morgan fingerprint density at radius 1 is 1.58 bits per heavy atom. The summed E-state index contributed by atoms with van der Waals surface area (Å²) in [5, 5.41) is 8.47. The maximum atomic E-state index is 13.2. The van der Waals surface area contributed by atoms with Crippen molar-refractivity contribution in [1.29, 1.82) is 5.26 Å². The van der Waals surface area contributed by atoms with Gasteiger partial charge >= 0.3 is 0 Å². The van der Waals surface area contributed by atoms with E-state index in [0.717, 1.165) is 3.57 Å². The van der Waals surface area contributed by atoms with Crippen LogP contribution in [0.4, 0.5) is 4.39 Å². The van der Waals surface area contributed by atoms with Crippen molar-refractivity contribution in [2.24, 2.45) is 0 Å². The van der Waals surface area contributed by atoms with Gasteiger partial charge in [-0.1, -0.05) is 11.6 Å². The molecule has 0 aliphatic heterocycles. The predicted octanol–water partition coefficient (Wildman–Crippen LogP) is 3.15. The lowest BCUT2D eigenvalue weighted by Crippen LogP contribution is -1.93. The molecule has 1 rings (SSSR count). The first-order chi connectivity index (χ1) is 5.66. The fourth-order valence-electron chi connectivity index (χ4n) is 0.810. The van der Waals surface area contributed by atoms with E-state index >= 15 is 0 Å². The number of hydrogen-bond donors (Lipinski definition) is 0. The summed E-state index contributed by atoms with van der Waals surface area (Å²) in [5.74, 6) is -0.481. The Bertz CT molecular complexity index is 346. The molecular formula is C8H4ClFIN. The summed E-state index contributed by atoms with van der Waals surface area (Å²) < 4.78 is 13.9. The maximum Gasteiger partial charge on any atom is 0.147 e. The molecule has 0 unspecified atom stereocenters. The monoisotopic (exact) mass is 295 g/mol. The Morgan fingerprint density at radius 2 is 2.25 bits per heavy atom. The zero-order valence-corrected chi connectivity index (χ0v) is 8.86. The highest BCUT2D eigenvalue weighted by molar-refractivity contribution is 14.1. The Labute approximate surface area is 88.3 Å². The Balaban J connectivity index is 3.25. The van der Waals surface area contributed by atoms with Gasteiger partial charge in [0.05, 0.1) is 17.5 Å². The van der Waals surface area contributed by atoms with E-state index in [1.54, 1.807) is 6.07 Å². The van der Waals surface area contributed by atoms with Gasteiger partial charge in [-0.3, -0.25) is 0 Å². The van der Waals surface area contributed by atoms with Crippen LogP contribution in [0.25, 0.3) is 0 Å². The van der Waals surface area contributed by atoms with Gasteiger partial charge in [0.1, 0.15) is 5.82 Å². The number of rotatable bonds is 1. The number of hydrogen-bond acceptors (Lipinski definition) is 1. The van der Waals surface area contributed by atoms with E-state index < -0.39 is 5.82 Å². The van der Waals surface area contributed by atoms with Crippen molar-refractivity contribution in [2.45, 2.75) is 6.42 Å². The molecule has 0 atom stereocenters. The van der Waals surface area contributed by atoms with E-state index in [0.29, 0.717) is 5.56 Å². The van der Waals surface area contributed by atoms with Crippen LogP contribution >= 0.6 is 34.2 Å². The summed E-state index contributed by atoms with van der Waals surface area (Å²) >= 11 is 7.51. The molecule has 0 saturated heterocycles. The van der Waals surface area contributed by atoms with Gasteiger partial charge in [0.2, 0.25) is 0 Å². The molecule has 4 heteroatoms. The van der Waals surface area contributed by atoms with Crippen LogP contribution in [0.3, 0.4) is 0 Å². The summed E-state index contributed by atoms with van der Waals surface area (Å²) in [6, 6.07) is 5.07. The molecule has 0 radical (unpaired) electrons. The van der Waals surface area contributed by atoms with Crippen LogP contribution in [0.5, 0.6) is 0 Å². The van der Waals surface area contributed by atoms with Crippen LogP contribution in [0.15, 0.2) is 12.1 Å². The van der Waals surface area contributed by atoms with Gasteiger partial charge in [-0.2, -0.15) is 5.26 Å². The molecular weight excluding hydrogens is 291 g/mol. The van der Waals surface area contributed by atoms with Crippen LogP contribution in [0, 0.1) is 20.7 Å². The normalized spacial score (nSPS) is 9.50. The molecule has 0 saturated carbocycles. The third kappa shape index (κ3) is 1.87. The molecule has 0 heterocycles. The lowest BCUT2D eigenvalue weighted by atomic mass is 10.1. The number of halogens is 3. The van der Waals surface area contributed by atoms with Crippen molar-refractivity contribution >= 4 is 34.2 Å². The Hall–Kier alpha value is -0.340. The Kier molecular flexibility index (Phi) is 3.29. The second-order valence-electron chi connectivity index (χ2n) is 2.16. The van der Waals surface area contributed by atoms with Crippen molar-refractivity contribution < 1.29 is 4.39 Å². The van der Waals surface area contributed by atoms with Crippen molar-refractivity contribution in [3.05, 3.63) is 32.1 Å². The minimum absolute atomic E-state index is 0.0602. The molecule has 1 aromatic carbocycles. The van der Waals surface area contributed by atoms with Gasteiger partial charge < -0.3 is 0 Å². The van der Waals surface area contributed by atoms with E-state index in [1.165, 1.54) is 6.07 Å². The molecule has 1 nitrogen and oxygen atoms in total. The first-order valence-electron chi connectivity index (χ1n) is 3.16. The van der Waals surface area contributed by atoms with Crippen molar-refractivity contribution in [1.82, 2.24) is 0 Å². The highest BCUT2D eigenvalue weighted by Crippen LogP contribution is 2.23. The standard InChI is InChI=1S/C8H4ClFIN/c9-6-1-2-7(11)5(3-4-12)8(6)10/h1-2H,3H2. The lowest BCUT2D eigenvalue weighted by molar-refractivity contribution is 0.614. The average molecular weight is 295 g/mol. The molecule has 0 bridgehead atoms. The van der Waals surface area contributed by atoms with Gasteiger partial charge in [0.15, 0.2) is 0 Å². The Morgan fingerprint density at radius 3 is 2.83 bits per heavy atom. The van der Waals surface area contributed by atoms with Gasteiger partial charge in [-0.25, -0.2) is 4.39 Å². The summed E-state index contributed by atoms with van der Waals surface area (Å²) in [7, 11) is 0. The highest BCUT2D eigenvalue weighted by Gasteiger charge is 2.09. The third-order valence-corrected chi connectivity index (χ3v) is 2.70. The predicted molar refractivity (Wildman–Crippen MR) is 53.4 cm³/mol. The summed E-state index contributed by atoms with van der Waals surface area (Å²) in [6.07, 6.45) is 0.0602. The van der Waals surface area contributed by atoms with Crippen LogP contribution < -0.4 is 0 Å². The van der Waals surface area contributed by atoms with Crippen LogP contribution in [-0.4, -0.2) is 0 Å². The van der Waals surface area contributed by atoms with Crippen LogP contribution in [-0.2, 0) is 6.42 Å². The summed E-state index contributed by atoms with van der Waals surface area (Å²) in [4.78, 5) is 0. The molecule has 12 heavy (non-hydrogen) atoms. The quantitative estimate of drug-likeness (QED) is 0.577. The van der Waals surface area contributed by atoms with Gasteiger partial charge in [0.25, 0.3) is 0 Å². The van der Waals surface area contributed by atoms with E-state index in [9.17, 15) is 4.39 Å². The van der Waals surface area contributed by atoms with E-state index in [-0.39, 0.29) is 11.4 Å². The van der Waals surface area contributed by atoms with Crippen LogP contribution in [0.2, 0.25) is 5.02 Å². The van der Waals surface area contributed by atoms with Gasteiger partial charge in [0, 0.05) is 9.13 Å². The molecule has 0 aliphatic carbocycles. The van der Waals surface area contributed by atoms with Crippen molar-refractivity contribution in [3.63, 3.8) is 0 Å². The number of benzene rings is 1. The summed E-state index contributed by atoms with van der Waals surface area (Å²) in [5.41, 5.74) is 0.380. The second-order valence-corrected chi connectivity index (χ2v) is 3.73. The minimum atomic E-state index is -0.481. The van der Waals surface area contributed by atoms with Crippen molar-refractivity contribution in [3.8, 4) is 6.07 Å². The van der Waals surface area contributed by atoms with E-state index in [2.05, 4.69) is 0 Å². The van der Waals surface area contributed by atoms with E-state index in [1.807, 2.05) is 28.7 Å². The molecule has 1 aromatic rings. The van der Waals surface area contributed by atoms with Crippen molar-refractivity contribution in [2.75, 3.05) is 0 Å². The van der Waals surface area contributed by atoms with E-state index in [4.69, 9.17) is 16.9 Å². The average Bonchev–Trinajstić information content (AvgIpc) is 2.06. The van der Waals surface area contributed by atoms with Gasteiger partial charge in [-0.15, -0.1) is 0 Å². The largest absolute Gasteiger partial charge is 0.205 e. The molecule has 0 amide bonds. The first-order valence-corrected chi connectivity index (χ1v) is 4.62. The smallest absolute Gasteiger partial charge is 0.147 e.